The fourth-order valence-electron chi connectivity index (χ4n) is 1.95. The highest BCUT2D eigenvalue weighted by atomic mass is 32.1. The Morgan fingerprint density at radius 1 is 1.43 bits per heavy atom. The number of rotatable bonds is 5. The summed E-state index contributed by atoms with van der Waals surface area (Å²) in [4.78, 5) is 28.1. The highest BCUT2D eigenvalue weighted by Gasteiger charge is 2.13. The number of aryl methyl sites for hydroxylation is 1. The molecule has 2 aromatic rings. The van der Waals surface area contributed by atoms with Gasteiger partial charge in [0.1, 0.15) is 5.82 Å². The van der Waals surface area contributed by atoms with Gasteiger partial charge in [0.15, 0.2) is 5.78 Å². The second-order valence-electron chi connectivity index (χ2n) is 5.12. The molecule has 0 saturated carbocycles. The van der Waals surface area contributed by atoms with Crippen molar-refractivity contribution in [1.29, 1.82) is 0 Å². The van der Waals surface area contributed by atoms with Crippen molar-refractivity contribution in [1.82, 2.24) is 14.8 Å². The van der Waals surface area contributed by atoms with E-state index < -0.39 is 0 Å². The predicted octanol–water partition coefficient (Wildman–Crippen LogP) is 2.61. The molecule has 21 heavy (non-hydrogen) atoms. The van der Waals surface area contributed by atoms with Gasteiger partial charge in [-0.15, -0.1) is 16.4 Å². The summed E-state index contributed by atoms with van der Waals surface area (Å²) in [6.07, 6.45) is 0.207. The first-order chi connectivity index (χ1) is 9.86. The van der Waals surface area contributed by atoms with Crippen LogP contribution in [-0.4, -0.2) is 26.5 Å². The fraction of sp³-hybridized carbons (Fsp3) is 0.429. The molecule has 0 fully saturated rings. The minimum absolute atomic E-state index is 0.0135. The maximum Gasteiger partial charge on any atom is 0.248 e. The van der Waals surface area contributed by atoms with Gasteiger partial charge in [-0.3, -0.25) is 14.9 Å². The Bertz CT molecular complexity index is 672. The highest BCUT2D eigenvalue weighted by Crippen LogP contribution is 2.16. The molecule has 0 aliphatic heterocycles. The number of carbonyl (C=O) groups is 2. The highest BCUT2D eigenvalue weighted by molar-refractivity contribution is 7.12. The number of hydrogen-bond acceptors (Lipinski definition) is 5. The minimum Gasteiger partial charge on any atom is -0.294 e. The SMILES string of the molecule is CC(=O)c1cc(CC(=O)Nc2nc(C)n(C(C)C)n2)cs1. The van der Waals surface area contributed by atoms with Gasteiger partial charge in [0.2, 0.25) is 11.9 Å². The van der Waals surface area contributed by atoms with E-state index in [1.807, 2.05) is 26.2 Å². The van der Waals surface area contributed by atoms with Gasteiger partial charge in [0.05, 0.1) is 11.3 Å². The molecular formula is C14H18N4O2S. The second kappa shape index (κ2) is 6.17. The number of nitrogens with one attached hydrogen (secondary N) is 1. The molecule has 2 aromatic heterocycles. The molecule has 7 heteroatoms. The van der Waals surface area contributed by atoms with Crippen LogP contribution in [0.5, 0.6) is 0 Å². The Morgan fingerprint density at radius 3 is 2.67 bits per heavy atom. The van der Waals surface area contributed by atoms with E-state index in [0.29, 0.717) is 10.8 Å². The maximum atomic E-state index is 12.0. The number of thiophene rings is 1. The van der Waals surface area contributed by atoms with Gasteiger partial charge in [0, 0.05) is 6.04 Å². The molecule has 1 amide bonds. The van der Waals surface area contributed by atoms with Gasteiger partial charge in [-0.2, -0.15) is 4.98 Å². The number of hydrogen-bond donors (Lipinski definition) is 1. The Labute approximate surface area is 127 Å². The second-order valence-corrected chi connectivity index (χ2v) is 6.03. The Hall–Kier alpha value is -2.02. The van der Waals surface area contributed by atoms with Crippen molar-refractivity contribution in [3.8, 4) is 0 Å². The Morgan fingerprint density at radius 2 is 2.14 bits per heavy atom. The summed E-state index contributed by atoms with van der Waals surface area (Å²) in [6, 6.07) is 1.94. The molecule has 6 nitrogen and oxygen atoms in total. The van der Waals surface area contributed by atoms with E-state index in [2.05, 4.69) is 15.4 Å². The molecule has 0 spiro atoms. The molecule has 1 N–H and O–H groups in total. The average molecular weight is 306 g/mol. The lowest BCUT2D eigenvalue weighted by Crippen LogP contribution is -2.15. The molecule has 0 bridgehead atoms. The van der Waals surface area contributed by atoms with E-state index in [1.165, 1.54) is 18.3 Å². The van der Waals surface area contributed by atoms with Crippen molar-refractivity contribution in [3.63, 3.8) is 0 Å². The van der Waals surface area contributed by atoms with Crippen LogP contribution in [0.2, 0.25) is 0 Å². The van der Waals surface area contributed by atoms with Gasteiger partial charge < -0.3 is 0 Å². The van der Waals surface area contributed by atoms with Gasteiger partial charge >= 0.3 is 0 Å². The van der Waals surface area contributed by atoms with Gasteiger partial charge in [0.25, 0.3) is 0 Å². The summed E-state index contributed by atoms with van der Waals surface area (Å²) in [5, 5.41) is 8.75. The number of anilines is 1. The van der Waals surface area contributed by atoms with Crippen molar-refractivity contribution in [2.45, 2.75) is 40.2 Å². The average Bonchev–Trinajstić information content (AvgIpc) is 2.96. The normalized spacial score (nSPS) is 10.9. The third kappa shape index (κ3) is 3.75. The van der Waals surface area contributed by atoms with Gasteiger partial charge in [-0.05, 0) is 44.7 Å². The first kappa shape index (κ1) is 15.4. The van der Waals surface area contributed by atoms with Crippen LogP contribution >= 0.6 is 11.3 Å². The van der Waals surface area contributed by atoms with E-state index in [4.69, 9.17) is 0 Å². The standard InChI is InChI=1S/C14H18N4O2S/c1-8(2)18-10(4)15-14(17-18)16-13(20)6-11-5-12(9(3)19)21-7-11/h5,7-8H,6H2,1-4H3,(H,16,17,20). The topological polar surface area (TPSA) is 76.9 Å². The maximum absolute atomic E-state index is 12.0. The number of aromatic nitrogens is 3. The zero-order chi connectivity index (χ0) is 15.6. The molecule has 0 aliphatic carbocycles. The van der Waals surface area contributed by atoms with Crippen molar-refractivity contribution < 1.29 is 9.59 Å². The lowest BCUT2D eigenvalue weighted by Gasteiger charge is -2.05. The summed E-state index contributed by atoms with van der Waals surface area (Å²) < 4.78 is 1.76. The molecule has 2 heterocycles. The summed E-state index contributed by atoms with van der Waals surface area (Å²) in [5.41, 5.74) is 0.822. The van der Waals surface area contributed by atoms with Crippen LogP contribution in [-0.2, 0) is 11.2 Å². The molecule has 0 unspecified atom stereocenters. The lowest BCUT2D eigenvalue weighted by molar-refractivity contribution is -0.115. The summed E-state index contributed by atoms with van der Waals surface area (Å²) >= 11 is 1.35. The third-order valence-corrected chi connectivity index (χ3v) is 3.99. The number of Topliss-reactive ketones (excluding diaryl/α,β-unsaturated/α-hetero) is 1. The number of carbonyl (C=O) groups excluding carboxylic acids is 2. The van der Waals surface area contributed by atoms with Gasteiger partial charge in [-0.1, -0.05) is 0 Å². The lowest BCUT2D eigenvalue weighted by atomic mass is 10.2. The number of amides is 1. The largest absolute Gasteiger partial charge is 0.294 e. The third-order valence-electron chi connectivity index (χ3n) is 2.91. The first-order valence-electron chi connectivity index (χ1n) is 6.68. The molecule has 0 atom stereocenters. The van der Waals surface area contributed by atoms with E-state index in [1.54, 1.807) is 10.7 Å². The van der Waals surface area contributed by atoms with E-state index in [9.17, 15) is 9.59 Å². The van der Waals surface area contributed by atoms with Crippen LogP contribution in [0, 0.1) is 6.92 Å². The molecule has 112 valence electrons. The number of nitrogens with zero attached hydrogens (tertiary/aromatic N) is 3. The molecule has 2 rings (SSSR count). The van der Waals surface area contributed by atoms with Crippen molar-refractivity contribution in [2.75, 3.05) is 5.32 Å². The zero-order valence-electron chi connectivity index (χ0n) is 12.5. The Balaban J connectivity index is 2.01. The van der Waals surface area contributed by atoms with Crippen LogP contribution in [0.15, 0.2) is 11.4 Å². The van der Waals surface area contributed by atoms with Crippen LogP contribution in [0.1, 0.15) is 47.9 Å². The molecular weight excluding hydrogens is 288 g/mol. The summed E-state index contributed by atoms with van der Waals surface area (Å²) in [5.74, 6) is 0.895. The predicted molar refractivity (Wildman–Crippen MR) is 81.8 cm³/mol. The van der Waals surface area contributed by atoms with Crippen molar-refractivity contribution >= 4 is 29.0 Å². The molecule has 0 aromatic carbocycles. The van der Waals surface area contributed by atoms with E-state index in [-0.39, 0.29) is 24.2 Å². The summed E-state index contributed by atoms with van der Waals surface area (Å²) in [7, 11) is 0. The molecule has 0 radical (unpaired) electrons. The van der Waals surface area contributed by atoms with Crippen molar-refractivity contribution in [2.24, 2.45) is 0 Å². The van der Waals surface area contributed by atoms with Gasteiger partial charge in [-0.25, -0.2) is 4.68 Å². The van der Waals surface area contributed by atoms with E-state index >= 15 is 0 Å². The van der Waals surface area contributed by atoms with Crippen LogP contribution in [0.25, 0.3) is 0 Å². The molecule has 0 saturated heterocycles. The Kier molecular flexibility index (Phi) is 4.52. The van der Waals surface area contributed by atoms with Crippen LogP contribution in [0.3, 0.4) is 0 Å². The van der Waals surface area contributed by atoms with Crippen LogP contribution in [0.4, 0.5) is 5.95 Å². The monoisotopic (exact) mass is 306 g/mol. The van der Waals surface area contributed by atoms with Crippen molar-refractivity contribution in [3.05, 3.63) is 27.7 Å². The minimum atomic E-state index is -0.191. The smallest absolute Gasteiger partial charge is 0.248 e. The quantitative estimate of drug-likeness (QED) is 0.861. The number of ketones is 1. The zero-order valence-corrected chi connectivity index (χ0v) is 13.3. The summed E-state index contributed by atoms with van der Waals surface area (Å²) in [6.45, 7) is 7.37. The van der Waals surface area contributed by atoms with Crippen LogP contribution < -0.4 is 5.32 Å². The fourth-order valence-corrected chi connectivity index (χ4v) is 2.77. The first-order valence-corrected chi connectivity index (χ1v) is 7.56. The van der Waals surface area contributed by atoms with E-state index in [0.717, 1.165) is 11.4 Å². The molecule has 0 aliphatic rings.